The molecule has 0 heterocycles. The number of nitrogens with one attached hydrogen (secondary N) is 2. The van der Waals surface area contributed by atoms with Gasteiger partial charge in [-0.2, -0.15) is 13.2 Å². The second kappa shape index (κ2) is 6.31. The van der Waals surface area contributed by atoms with E-state index in [1.54, 1.807) is 0 Å². The minimum Gasteiger partial charge on any atom is -0.388 e. The van der Waals surface area contributed by atoms with Crippen LogP contribution in [0, 0.1) is 0 Å². The fourth-order valence-corrected chi connectivity index (χ4v) is 1.93. The number of halogens is 3. The van der Waals surface area contributed by atoms with Crippen LogP contribution >= 0.6 is 0 Å². The highest BCUT2D eigenvalue weighted by Crippen LogP contribution is 2.35. The first-order valence-electron chi connectivity index (χ1n) is 5.72. The average molecular weight is 325 g/mol. The van der Waals surface area contributed by atoms with Gasteiger partial charge in [-0.15, -0.1) is 0 Å². The lowest BCUT2D eigenvalue weighted by atomic mass is 10.1. The Bertz CT molecular complexity index is 629. The number of amides is 1. The minimum absolute atomic E-state index is 0.163. The highest BCUT2D eigenvalue weighted by Gasteiger charge is 2.34. The second-order valence-electron chi connectivity index (χ2n) is 4.13. The SMILES string of the molecule is CNc1ccc(C(=O)NCCS(N)(=O)=O)cc1C(F)(F)F. The summed E-state index contributed by atoms with van der Waals surface area (Å²) in [5.74, 6) is -1.31. The van der Waals surface area contributed by atoms with Crippen LogP contribution in [0.15, 0.2) is 18.2 Å². The maximum atomic E-state index is 12.8. The van der Waals surface area contributed by atoms with E-state index < -0.39 is 33.4 Å². The number of benzene rings is 1. The van der Waals surface area contributed by atoms with Crippen molar-refractivity contribution in [3.63, 3.8) is 0 Å². The Morgan fingerprint density at radius 1 is 1.33 bits per heavy atom. The first-order chi connectivity index (χ1) is 9.54. The number of sulfonamides is 1. The van der Waals surface area contributed by atoms with Gasteiger partial charge in [-0.05, 0) is 18.2 Å². The van der Waals surface area contributed by atoms with Crippen molar-refractivity contribution >= 4 is 21.6 Å². The van der Waals surface area contributed by atoms with Gasteiger partial charge >= 0.3 is 6.18 Å². The first kappa shape index (κ1) is 17.2. The van der Waals surface area contributed by atoms with Crippen molar-refractivity contribution in [3.8, 4) is 0 Å². The van der Waals surface area contributed by atoms with E-state index in [4.69, 9.17) is 5.14 Å². The highest BCUT2D eigenvalue weighted by atomic mass is 32.2. The molecule has 0 aliphatic carbocycles. The summed E-state index contributed by atoms with van der Waals surface area (Å²) in [5.41, 5.74) is -1.37. The maximum Gasteiger partial charge on any atom is 0.418 e. The molecule has 1 aromatic carbocycles. The van der Waals surface area contributed by atoms with Crippen LogP contribution in [0.3, 0.4) is 0 Å². The maximum absolute atomic E-state index is 12.8. The fourth-order valence-electron chi connectivity index (χ4n) is 1.55. The van der Waals surface area contributed by atoms with Crippen LogP contribution in [0.4, 0.5) is 18.9 Å². The third kappa shape index (κ3) is 5.23. The third-order valence-corrected chi connectivity index (χ3v) is 3.30. The number of rotatable bonds is 5. The highest BCUT2D eigenvalue weighted by molar-refractivity contribution is 7.89. The summed E-state index contributed by atoms with van der Waals surface area (Å²) < 4.78 is 59.8. The Labute approximate surface area is 119 Å². The molecule has 1 rings (SSSR count). The van der Waals surface area contributed by atoms with E-state index in [-0.39, 0.29) is 17.8 Å². The molecule has 0 saturated heterocycles. The smallest absolute Gasteiger partial charge is 0.388 e. The second-order valence-corrected chi connectivity index (χ2v) is 5.86. The van der Waals surface area contributed by atoms with E-state index in [0.29, 0.717) is 6.07 Å². The quantitative estimate of drug-likeness (QED) is 0.744. The molecule has 0 aliphatic rings. The zero-order chi connectivity index (χ0) is 16.3. The standard InChI is InChI=1S/C11H14F3N3O3S/c1-16-9-3-2-7(6-8(9)11(12,13)14)10(18)17-4-5-21(15,19)20/h2-3,6,16H,4-5H2,1H3,(H,17,18)(H2,15,19,20). The van der Waals surface area contributed by atoms with Gasteiger partial charge in [0.2, 0.25) is 10.0 Å². The number of hydrogen-bond donors (Lipinski definition) is 3. The summed E-state index contributed by atoms with van der Waals surface area (Å²) in [5, 5.41) is 9.31. The van der Waals surface area contributed by atoms with Crippen LogP contribution in [0.1, 0.15) is 15.9 Å². The normalized spacial score (nSPS) is 12.0. The zero-order valence-corrected chi connectivity index (χ0v) is 11.8. The van der Waals surface area contributed by atoms with Crippen molar-refractivity contribution in [1.29, 1.82) is 0 Å². The molecule has 0 unspecified atom stereocenters. The van der Waals surface area contributed by atoms with Crippen molar-refractivity contribution in [2.75, 3.05) is 24.7 Å². The summed E-state index contributed by atoms with van der Waals surface area (Å²) in [4.78, 5) is 11.7. The molecule has 0 saturated carbocycles. The lowest BCUT2D eigenvalue weighted by Crippen LogP contribution is -2.31. The molecule has 10 heteroatoms. The summed E-state index contributed by atoms with van der Waals surface area (Å²) >= 11 is 0. The van der Waals surface area contributed by atoms with Gasteiger partial charge in [0.05, 0.1) is 11.3 Å². The third-order valence-electron chi connectivity index (χ3n) is 2.53. The molecular formula is C11H14F3N3O3S. The number of carbonyl (C=O) groups is 1. The van der Waals surface area contributed by atoms with Crippen LogP contribution < -0.4 is 15.8 Å². The Morgan fingerprint density at radius 2 is 1.95 bits per heavy atom. The summed E-state index contributed by atoms with van der Waals surface area (Å²) in [6.07, 6.45) is -4.62. The average Bonchev–Trinajstić information content (AvgIpc) is 2.35. The predicted octanol–water partition coefficient (Wildman–Crippen LogP) is 0.765. The van der Waals surface area contributed by atoms with Gasteiger partial charge in [0.25, 0.3) is 5.91 Å². The molecule has 0 aliphatic heterocycles. The number of nitrogens with two attached hydrogens (primary N) is 1. The molecule has 1 aromatic rings. The monoisotopic (exact) mass is 325 g/mol. The molecule has 4 N–H and O–H groups in total. The van der Waals surface area contributed by atoms with Gasteiger partial charge in [0.1, 0.15) is 0 Å². The number of carbonyl (C=O) groups excluding carboxylic acids is 1. The topological polar surface area (TPSA) is 101 Å². The molecule has 0 bridgehead atoms. The van der Waals surface area contributed by atoms with Crippen LogP contribution in [-0.4, -0.2) is 33.7 Å². The number of anilines is 1. The first-order valence-corrected chi connectivity index (χ1v) is 7.44. The zero-order valence-electron chi connectivity index (χ0n) is 11.0. The van der Waals surface area contributed by atoms with Gasteiger partial charge < -0.3 is 10.6 Å². The van der Waals surface area contributed by atoms with Crippen LogP contribution in [-0.2, 0) is 16.2 Å². The lowest BCUT2D eigenvalue weighted by Gasteiger charge is -2.14. The molecule has 21 heavy (non-hydrogen) atoms. The van der Waals surface area contributed by atoms with Crippen molar-refractivity contribution < 1.29 is 26.4 Å². The van der Waals surface area contributed by atoms with Crippen molar-refractivity contribution in [2.45, 2.75) is 6.18 Å². The summed E-state index contributed by atoms with van der Waals surface area (Å²) in [7, 11) is -2.42. The van der Waals surface area contributed by atoms with Gasteiger partial charge in [-0.25, -0.2) is 13.6 Å². The molecule has 0 atom stereocenters. The van der Waals surface area contributed by atoms with E-state index in [9.17, 15) is 26.4 Å². The number of alkyl halides is 3. The molecule has 0 fully saturated rings. The van der Waals surface area contributed by atoms with E-state index in [1.807, 2.05) is 0 Å². The van der Waals surface area contributed by atoms with Gasteiger partial charge in [0.15, 0.2) is 0 Å². The molecule has 0 radical (unpaired) electrons. The Morgan fingerprint density at radius 3 is 2.43 bits per heavy atom. The van der Waals surface area contributed by atoms with Crippen molar-refractivity contribution in [1.82, 2.24) is 5.32 Å². The fraction of sp³-hybridized carbons (Fsp3) is 0.364. The summed E-state index contributed by atoms with van der Waals surface area (Å²) in [6.45, 7) is -0.285. The molecule has 118 valence electrons. The van der Waals surface area contributed by atoms with Gasteiger partial charge in [-0.1, -0.05) is 0 Å². The number of hydrogen-bond acceptors (Lipinski definition) is 4. The molecule has 0 spiro atoms. The van der Waals surface area contributed by atoms with E-state index in [0.717, 1.165) is 6.07 Å². The van der Waals surface area contributed by atoms with E-state index >= 15 is 0 Å². The van der Waals surface area contributed by atoms with Gasteiger partial charge in [-0.3, -0.25) is 4.79 Å². The van der Waals surface area contributed by atoms with E-state index in [2.05, 4.69) is 10.6 Å². The Hall–Kier alpha value is -1.81. The molecule has 1 amide bonds. The molecular weight excluding hydrogens is 311 g/mol. The summed E-state index contributed by atoms with van der Waals surface area (Å²) in [6, 6.07) is 3.02. The van der Waals surface area contributed by atoms with Gasteiger partial charge in [0, 0.05) is 24.8 Å². The predicted molar refractivity (Wildman–Crippen MR) is 71.3 cm³/mol. The van der Waals surface area contributed by atoms with Crippen LogP contribution in [0.2, 0.25) is 0 Å². The minimum atomic E-state index is -4.62. The largest absolute Gasteiger partial charge is 0.418 e. The van der Waals surface area contributed by atoms with Crippen molar-refractivity contribution in [2.24, 2.45) is 5.14 Å². The Balaban J connectivity index is 2.91. The lowest BCUT2D eigenvalue weighted by molar-refractivity contribution is -0.136. The van der Waals surface area contributed by atoms with Crippen LogP contribution in [0.25, 0.3) is 0 Å². The van der Waals surface area contributed by atoms with Crippen LogP contribution in [0.5, 0.6) is 0 Å². The molecule has 0 aromatic heterocycles. The Kier molecular flexibility index (Phi) is 5.18. The van der Waals surface area contributed by atoms with E-state index in [1.165, 1.54) is 13.1 Å². The molecule has 6 nitrogen and oxygen atoms in total. The number of primary sulfonamides is 1. The van der Waals surface area contributed by atoms with Crippen molar-refractivity contribution in [3.05, 3.63) is 29.3 Å².